The van der Waals surface area contributed by atoms with Crippen molar-refractivity contribution in [1.82, 2.24) is 10.2 Å². The normalized spacial score (nSPS) is 11.6. The zero-order valence-corrected chi connectivity index (χ0v) is 19.7. The number of hydrogen-bond acceptors (Lipinski definition) is 2. The van der Waals surface area contributed by atoms with Gasteiger partial charge in [-0.05, 0) is 35.7 Å². The second-order valence-electron chi connectivity index (χ2n) is 7.74. The summed E-state index contributed by atoms with van der Waals surface area (Å²) in [6.07, 6.45) is 0.582. The molecule has 1 unspecified atom stereocenters. The van der Waals surface area contributed by atoms with Gasteiger partial charge in [0.1, 0.15) is 6.04 Å². The summed E-state index contributed by atoms with van der Waals surface area (Å²) in [6.45, 7) is 2.20. The van der Waals surface area contributed by atoms with E-state index in [2.05, 4.69) is 5.32 Å². The monoisotopic (exact) mass is 468 g/mol. The van der Waals surface area contributed by atoms with E-state index in [9.17, 15) is 9.59 Å². The Bertz CT molecular complexity index is 1070. The first-order valence-corrected chi connectivity index (χ1v) is 11.2. The lowest BCUT2D eigenvalue weighted by Gasteiger charge is -2.31. The number of nitrogens with one attached hydrogen (secondary N) is 1. The molecule has 3 rings (SSSR count). The summed E-state index contributed by atoms with van der Waals surface area (Å²) in [5, 5.41) is 3.69. The highest BCUT2D eigenvalue weighted by Crippen LogP contribution is 2.24. The largest absolute Gasteiger partial charge is 0.357 e. The van der Waals surface area contributed by atoms with E-state index < -0.39 is 6.04 Å². The van der Waals surface area contributed by atoms with Gasteiger partial charge >= 0.3 is 0 Å². The minimum atomic E-state index is -0.688. The van der Waals surface area contributed by atoms with Gasteiger partial charge in [0.25, 0.3) is 0 Å². The van der Waals surface area contributed by atoms with Crippen LogP contribution in [0.1, 0.15) is 22.3 Å². The number of benzene rings is 3. The lowest BCUT2D eigenvalue weighted by Crippen LogP contribution is -2.50. The van der Waals surface area contributed by atoms with Gasteiger partial charge in [-0.1, -0.05) is 89.4 Å². The Morgan fingerprint density at radius 3 is 2.25 bits per heavy atom. The quantitative estimate of drug-likeness (QED) is 0.491. The molecule has 0 aliphatic carbocycles. The number of halogens is 2. The first-order chi connectivity index (χ1) is 15.4. The molecule has 0 heterocycles. The van der Waals surface area contributed by atoms with Gasteiger partial charge in [0.15, 0.2) is 0 Å². The molecule has 2 amide bonds. The molecule has 1 N–H and O–H groups in total. The van der Waals surface area contributed by atoms with Crippen molar-refractivity contribution < 1.29 is 9.59 Å². The zero-order valence-electron chi connectivity index (χ0n) is 18.1. The van der Waals surface area contributed by atoms with Gasteiger partial charge in [-0.25, -0.2) is 0 Å². The number of rotatable bonds is 8. The Labute approximate surface area is 199 Å². The molecule has 0 fully saturated rings. The Hall–Kier alpha value is -2.82. The summed E-state index contributed by atoms with van der Waals surface area (Å²) >= 11 is 12.5. The molecule has 0 aromatic heterocycles. The number of carbonyl (C=O) groups is 2. The summed E-state index contributed by atoms with van der Waals surface area (Å²) < 4.78 is 0. The van der Waals surface area contributed by atoms with Gasteiger partial charge < -0.3 is 10.2 Å². The molecular formula is C26H26Cl2N2O2. The summed E-state index contributed by atoms with van der Waals surface area (Å²) in [5.74, 6) is -0.374. The van der Waals surface area contributed by atoms with Crippen LogP contribution in [0.5, 0.6) is 0 Å². The van der Waals surface area contributed by atoms with Crippen LogP contribution in [-0.2, 0) is 29.0 Å². The molecule has 3 aromatic carbocycles. The predicted molar refractivity (Wildman–Crippen MR) is 130 cm³/mol. The van der Waals surface area contributed by atoms with Crippen LogP contribution < -0.4 is 5.32 Å². The average Bonchev–Trinajstić information content (AvgIpc) is 2.79. The fourth-order valence-electron chi connectivity index (χ4n) is 3.54. The molecule has 3 aromatic rings. The van der Waals surface area contributed by atoms with E-state index in [-0.39, 0.29) is 24.8 Å². The molecular weight excluding hydrogens is 443 g/mol. The molecule has 0 bridgehead atoms. The van der Waals surface area contributed by atoms with Crippen LogP contribution in [0.25, 0.3) is 0 Å². The molecule has 166 valence electrons. The van der Waals surface area contributed by atoms with E-state index in [4.69, 9.17) is 23.2 Å². The number of nitrogens with zero attached hydrogens (tertiary/aromatic N) is 1. The number of carbonyl (C=O) groups excluding carboxylic acids is 2. The summed E-state index contributed by atoms with van der Waals surface area (Å²) in [6, 6.07) is 22.0. The molecule has 0 aliphatic heterocycles. The second kappa shape index (κ2) is 11.2. The predicted octanol–water partition coefficient (Wildman–Crippen LogP) is 5.23. The van der Waals surface area contributed by atoms with Gasteiger partial charge in [0.05, 0.1) is 6.42 Å². The maximum atomic E-state index is 13.5. The SMILES string of the molecule is CNC(=O)C(Cc1ccccc1)N(Cc1ccc(Cl)cc1Cl)C(=O)Cc1ccc(C)cc1. The first kappa shape index (κ1) is 23.8. The Morgan fingerprint density at radius 1 is 0.938 bits per heavy atom. The van der Waals surface area contributed by atoms with E-state index in [1.165, 1.54) is 0 Å². The minimum Gasteiger partial charge on any atom is -0.357 e. The molecule has 0 aliphatic rings. The molecule has 1 atom stereocenters. The smallest absolute Gasteiger partial charge is 0.242 e. The third-order valence-corrected chi connectivity index (χ3v) is 5.94. The van der Waals surface area contributed by atoms with Crippen LogP contribution in [0.4, 0.5) is 0 Å². The van der Waals surface area contributed by atoms with Gasteiger partial charge in [-0.3, -0.25) is 9.59 Å². The molecule has 0 saturated carbocycles. The van der Waals surface area contributed by atoms with Crippen molar-refractivity contribution in [3.8, 4) is 0 Å². The Morgan fingerprint density at radius 2 is 1.62 bits per heavy atom. The third kappa shape index (κ3) is 6.35. The number of amides is 2. The maximum Gasteiger partial charge on any atom is 0.242 e. The van der Waals surface area contributed by atoms with E-state index in [0.717, 1.165) is 22.3 Å². The number of aryl methyl sites for hydroxylation is 1. The molecule has 0 spiro atoms. The number of hydrogen-bond donors (Lipinski definition) is 1. The molecule has 0 saturated heterocycles. The first-order valence-electron chi connectivity index (χ1n) is 10.4. The van der Waals surface area contributed by atoms with Gasteiger partial charge in [0, 0.05) is 30.1 Å². The van der Waals surface area contributed by atoms with E-state index in [1.807, 2.05) is 61.5 Å². The van der Waals surface area contributed by atoms with Crippen LogP contribution in [0.2, 0.25) is 10.0 Å². The lowest BCUT2D eigenvalue weighted by atomic mass is 10.0. The maximum absolute atomic E-state index is 13.5. The van der Waals surface area contributed by atoms with Crippen LogP contribution in [0.3, 0.4) is 0 Å². The highest BCUT2D eigenvalue weighted by Gasteiger charge is 2.30. The van der Waals surface area contributed by atoms with Crippen molar-refractivity contribution in [3.05, 3.63) is 105 Å². The highest BCUT2D eigenvalue weighted by molar-refractivity contribution is 6.35. The third-order valence-electron chi connectivity index (χ3n) is 5.35. The van der Waals surface area contributed by atoms with Crippen molar-refractivity contribution >= 4 is 35.0 Å². The fourth-order valence-corrected chi connectivity index (χ4v) is 4.00. The van der Waals surface area contributed by atoms with Crippen molar-refractivity contribution in [2.24, 2.45) is 0 Å². The summed E-state index contributed by atoms with van der Waals surface area (Å²) in [5.41, 5.74) is 3.72. The van der Waals surface area contributed by atoms with Crippen LogP contribution in [0.15, 0.2) is 72.8 Å². The fraction of sp³-hybridized carbons (Fsp3) is 0.231. The Balaban J connectivity index is 1.96. The number of likely N-dealkylation sites (N-methyl/N-ethyl adjacent to an activating group) is 1. The van der Waals surface area contributed by atoms with Crippen molar-refractivity contribution in [3.63, 3.8) is 0 Å². The van der Waals surface area contributed by atoms with Crippen molar-refractivity contribution in [2.75, 3.05) is 7.05 Å². The van der Waals surface area contributed by atoms with Gasteiger partial charge in [-0.2, -0.15) is 0 Å². The van der Waals surface area contributed by atoms with E-state index in [1.54, 1.807) is 30.1 Å². The summed E-state index contributed by atoms with van der Waals surface area (Å²) in [4.78, 5) is 28.1. The second-order valence-corrected chi connectivity index (χ2v) is 8.58. The molecule has 0 radical (unpaired) electrons. The minimum absolute atomic E-state index is 0.149. The van der Waals surface area contributed by atoms with Crippen LogP contribution in [-0.4, -0.2) is 29.8 Å². The molecule has 6 heteroatoms. The average molecular weight is 469 g/mol. The Kier molecular flexibility index (Phi) is 8.32. The summed E-state index contributed by atoms with van der Waals surface area (Å²) in [7, 11) is 1.58. The topological polar surface area (TPSA) is 49.4 Å². The van der Waals surface area contributed by atoms with E-state index in [0.29, 0.717) is 16.5 Å². The lowest BCUT2D eigenvalue weighted by molar-refractivity contribution is -0.140. The van der Waals surface area contributed by atoms with E-state index >= 15 is 0 Å². The van der Waals surface area contributed by atoms with Crippen molar-refractivity contribution in [1.29, 1.82) is 0 Å². The zero-order chi connectivity index (χ0) is 23.1. The van der Waals surface area contributed by atoms with Crippen molar-refractivity contribution in [2.45, 2.75) is 32.4 Å². The molecule has 4 nitrogen and oxygen atoms in total. The van der Waals surface area contributed by atoms with Gasteiger partial charge in [-0.15, -0.1) is 0 Å². The highest BCUT2D eigenvalue weighted by atomic mass is 35.5. The standard InChI is InChI=1S/C26H26Cl2N2O2/c1-18-8-10-20(11-9-18)15-25(31)30(17-21-12-13-22(27)16-23(21)28)24(26(32)29-2)14-19-6-4-3-5-7-19/h3-13,16,24H,14-15,17H2,1-2H3,(H,29,32). The molecule has 32 heavy (non-hydrogen) atoms. The van der Waals surface area contributed by atoms with Gasteiger partial charge in [0.2, 0.25) is 11.8 Å². The van der Waals surface area contributed by atoms with Crippen LogP contribution in [0, 0.1) is 6.92 Å². The van der Waals surface area contributed by atoms with Crippen LogP contribution >= 0.6 is 23.2 Å².